The minimum absolute atomic E-state index is 0.130. The molecule has 3 N–H and O–H groups in total. The summed E-state index contributed by atoms with van der Waals surface area (Å²) in [5, 5.41) is 2.70. The summed E-state index contributed by atoms with van der Waals surface area (Å²) >= 11 is 0. The van der Waals surface area contributed by atoms with Crippen LogP contribution in [0.25, 0.3) is 0 Å². The van der Waals surface area contributed by atoms with Gasteiger partial charge in [-0.25, -0.2) is 4.79 Å². The van der Waals surface area contributed by atoms with E-state index < -0.39 is 11.5 Å². The summed E-state index contributed by atoms with van der Waals surface area (Å²) in [5.74, 6) is -0.707. The van der Waals surface area contributed by atoms with Crippen LogP contribution in [0, 0.1) is 5.92 Å². The van der Waals surface area contributed by atoms with Gasteiger partial charge >= 0.3 is 5.97 Å². The number of rotatable bonds is 7. The van der Waals surface area contributed by atoms with Crippen molar-refractivity contribution in [1.29, 1.82) is 0 Å². The Hall–Kier alpha value is -1.10. The topological polar surface area (TPSA) is 81.4 Å². The molecule has 0 rings (SSSR count). The highest BCUT2D eigenvalue weighted by molar-refractivity contribution is 5.88. The molecule has 0 fully saturated rings. The van der Waals surface area contributed by atoms with Crippen molar-refractivity contribution in [2.45, 2.75) is 58.5 Å². The minimum Gasteiger partial charge on any atom is -0.467 e. The number of hydrogen-bond acceptors (Lipinski definition) is 4. The van der Waals surface area contributed by atoms with E-state index >= 15 is 0 Å². The molecular weight excluding hydrogens is 232 g/mol. The van der Waals surface area contributed by atoms with Crippen molar-refractivity contribution < 1.29 is 14.3 Å². The van der Waals surface area contributed by atoms with Crippen LogP contribution in [0.4, 0.5) is 0 Å². The maximum absolute atomic E-state index is 11.9. The molecule has 1 amide bonds. The number of methoxy groups -OCH3 is 1. The Morgan fingerprint density at radius 1 is 1.28 bits per heavy atom. The van der Waals surface area contributed by atoms with Gasteiger partial charge in [0, 0.05) is 12.0 Å². The quantitative estimate of drug-likeness (QED) is 0.672. The average molecular weight is 258 g/mol. The third-order valence-corrected chi connectivity index (χ3v) is 2.88. The summed E-state index contributed by atoms with van der Waals surface area (Å²) in [6.07, 6.45) is 2.58. The van der Waals surface area contributed by atoms with E-state index in [1.165, 1.54) is 7.11 Å². The minimum atomic E-state index is -0.985. The highest BCUT2D eigenvalue weighted by atomic mass is 16.5. The molecule has 0 aliphatic rings. The van der Waals surface area contributed by atoms with Crippen LogP contribution >= 0.6 is 0 Å². The molecule has 5 heteroatoms. The summed E-state index contributed by atoms with van der Waals surface area (Å²) < 4.78 is 4.64. The molecule has 2 unspecified atom stereocenters. The van der Waals surface area contributed by atoms with Gasteiger partial charge in [-0.15, -0.1) is 0 Å². The van der Waals surface area contributed by atoms with Crippen LogP contribution in [-0.2, 0) is 14.3 Å². The van der Waals surface area contributed by atoms with Gasteiger partial charge in [0.1, 0.15) is 5.54 Å². The van der Waals surface area contributed by atoms with Crippen molar-refractivity contribution in [3.63, 3.8) is 0 Å². The normalized spacial score (nSPS) is 14.8. The monoisotopic (exact) mass is 258 g/mol. The standard InChI is InChI=1S/C13H26N2O3/c1-9(7-6-8-10(2)14)11(16)15-13(3,4)12(17)18-5/h9-10H,6-8,14H2,1-5H3,(H,15,16). The van der Waals surface area contributed by atoms with Crippen molar-refractivity contribution in [2.24, 2.45) is 11.7 Å². The van der Waals surface area contributed by atoms with Crippen molar-refractivity contribution in [1.82, 2.24) is 5.32 Å². The summed E-state index contributed by atoms with van der Waals surface area (Å²) in [7, 11) is 1.31. The molecule has 5 nitrogen and oxygen atoms in total. The molecule has 18 heavy (non-hydrogen) atoms. The highest BCUT2D eigenvalue weighted by Gasteiger charge is 2.31. The Labute approximate surface area is 109 Å². The van der Waals surface area contributed by atoms with Crippen LogP contribution in [0.3, 0.4) is 0 Å². The van der Waals surface area contributed by atoms with Gasteiger partial charge in [-0.1, -0.05) is 13.3 Å². The molecule has 0 aliphatic carbocycles. The number of esters is 1. The summed E-state index contributed by atoms with van der Waals surface area (Å²) in [6, 6.07) is 0.159. The van der Waals surface area contributed by atoms with Gasteiger partial charge in [0.15, 0.2) is 0 Å². The van der Waals surface area contributed by atoms with Crippen LogP contribution in [0.15, 0.2) is 0 Å². The lowest BCUT2D eigenvalue weighted by atomic mass is 9.99. The zero-order chi connectivity index (χ0) is 14.3. The van der Waals surface area contributed by atoms with Gasteiger partial charge in [-0.2, -0.15) is 0 Å². The first kappa shape index (κ1) is 16.9. The van der Waals surface area contributed by atoms with Crippen LogP contribution in [0.1, 0.15) is 47.0 Å². The summed E-state index contributed by atoms with van der Waals surface area (Å²) in [5.41, 5.74) is 4.67. The maximum atomic E-state index is 11.9. The van der Waals surface area contributed by atoms with Gasteiger partial charge in [-0.3, -0.25) is 4.79 Å². The Morgan fingerprint density at radius 2 is 1.83 bits per heavy atom. The van der Waals surface area contributed by atoms with Gasteiger partial charge in [0.25, 0.3) is 0 Å². The van der Waals surface area contributed by atoms with Crippen molar-refractivity contribution >= 4 is 11.9 Å². The van der Waals surface area contributed by atoms with E-state index in [-0.39, 0.29) is 17.9 Å². The van der Waals surface area contributed by atoms with Gasteiger partial charge in [-0.05, 0) is 33.6 Å². The molecule has 0 aromatic heterocycles. The van der Waals surface area contributed by atoms with Crippen LogP contribution in [0.2, 0.25) is 0 Å². The molecule has 0 heterocycles. The van der Waals surface area contributed by atoms with Crippen molar-refractivity contribution in [3.8, 4) is 0 Å². The van der Waals surface area contributed by atoms with Gasteiger partial charge in [0.05, 0.1) is 7.11 Å². The molecule has 0 bridgehead atoms. The Morgan fingerprint density at radius 3 is 2.28 bits per heavy atom. The van der Waals surface area contributed by atoms with Crippen LogP contribution in [-0.4, -0.2) is 30.6 Å². The highest BCUT2D eigenvalue weighted by Crippen LogP contribution is 2.12. The van der Waals surface area contributed by atoms with Crippen molar-refractivity contribution in [3.05, 3.63) is 0 Å². The molecule has 0 spiro atoms. The first-order valence-electron chi connectivity index (χ1n) is 6.36. The molecular formula is C13H26N2O3. The number of amides is 1. The zero-order valence-corrected chi connectivity index (χ0v) is 12.1. The lowest BCUT2D eigenvalue weighted by Gasteiger charge is -2.25. The van der Waals surface area contributed by atoms with E-state index in [1.54, 1.807) is 13.8 Å². The second kappa shape index (κ2) is 7.36. The third kappa shape index (κ3) is 6.00. The second-order valence-electron chi connectivity index (χ2n) is 5.42. The maximum Gasteiger partial charge on any atom is 0.330 e. The molecule has 106 valence electrons. The lowest BCUT2D eigenvalue weighted by Crippen LogP contribution is -2.51. The third-order valence-electron chi connectivity index (χ3n) is 2.88. The molecule has 0 aliphatic heterocycles. The van der Waals surface area contributed by atoms with Gasteiger partial charge in [0.2, 0.25) is 5.91 Å². The fourth-order valence-corrected chi connectivity index (χ4v) is 1.61. The number of hydrogen-bond donors (Lipinski definition) is 2. The predicted molar refractivity (Wildman–Crippen MR) is 70.9 cm³/mol. The molecule has 0 radical (unpaired) electrons. The molecule has 0 saturated carbocycles. The molecule has 0 saturated heterocycles. The predicted octanol–water partition coefficient (Wildman–Crippen LogP) is 1.21. The van der Waals surface area contributed by atoms with E-state index in [1.807, 2.05) is 13.8 Å². The second-order valence-corrected chi connectivity index (χ2v) is 5.42. The van der Waals surface area contributed by atoms with Crippen LogP contribution in [0.5, 0.6) is 0 Å². The van der Waals surface area contributed by atoms with E-state index in [0.717, 1.165) is 19.3 Å². The largest absolute Gasteiger partial charge is 0.467 e. The van der Waals surface area contributed by atoms with E-state index in [9.17, 15) is 9.59 Å². The smallest absolute Gasteiger partial charge is 0.330 e. The molecule has 2 atom stereocenters. The zero-order valence-electron chi connectivity index (χ0n) is 12.1. The first-order chi connectivity index (χ1) is 8.20. The first-order valence-corrected chi connectivity index (χ1v) is 6.36. The number of carbonyl (C=O) groups is 2. The van der Waals surface area contributed by atoms with Gasteiger partial charge < -0.3 is 15.8 Å². The van der Waals surface area contributed by atoms with E-state index in [0.29, 0.717) is 0 Å². The Balaban J connectivity index is 4.19. The Kier molecular flexibility index (Phi) is 6.91. The fraction of sp³-hybridized carbons (Fsp3) is 0.846. The van der Waals surface area contributed by atoms with Crippen molar-refractivity contribution in [2.75, 3.05) is 7.11 Å². The fourth-order valence-electron chi connectivity index (χ4n) is 1.61. The van der Waals surface area contributed by atoms with E-state index in [4.69, 9.17) is 5.73 Å². The number of carbonyl (C=O) groups excluding carboxylic acids is 2. The average Bonchev–Trinajstić information content (AvgIpc) is 2.26. The number of nitrogens with one attached hydrogen (secondary N) is 1. The number of ether oxygens (including phenoxy) is 1. The molecule has 0 aromatic rings. The summed E-state index contributed by atoms with van der Waals surface area (Å²) in [6.45, 7) is 7.06. The summed E-state index contributed by atoms with van der Waals surface area (Å²) in [4.78, 5) is 23.3. The molecule has 0 aromatic carbocycles. The Bertz CT molecular complexity index is 288. The number of nitrogens with two attached hydrogens (primary N) is 1. The SMILES string of the molecule is COC(=O)C(C)(C)NC(=O)C(C)CCCC(C)N. The van der Waals surface area contributed by atoms with Crippen LogP contribution < -0.4 is 11.1 Å². The van der Waals surface area contributed by atoms with E-state index in [2.05, 4.69) is 10.1 Å². The lowest BCUT2D eigenvalue weighted by molar-refractivity contribution is -0.149.